The Labute approximate surface area is 164 Å². The van der Waals surface area contributed by atoms with Gasteiger partial charge in [0.2, 0.25) is 0 Å². The van der Waals surface area contributed by atoms with Crippen LogP contribution in [0.4, 0.5) is 0 Å². The highest BCUT2D eigenvalue weighted by Gasteiger charge is 2.09. The number of amides is 1. The van der Waals surface area contributed by atoms with E-state index in [-0.39, 0.29) is 11.7 Å². The molecule has 4 heteroatoms. The predicted molar refractivity (Wildman–Crippen MR) is 112 cm³/mol. The van der Waals surface area contributed by atoms with Gasteiger partial charge in [0, 0.05) is 36.3 Å². The van der Waals surface area contributed by atoms with Crippen LogP contribution in [0.3, 0.4) is 0 Å². The molecule has 0 saturated heterocycles. The second-order valence-corrected chi connectivity index (χ2v) is 6.92. The number of fused-ring (bicyclic) bond motifs is 1. The van der Waals surface area contributed by atoms with E-state index in [1.807, 2.05) is 66.3 Å². The van der Waals surface area contributed by atoms with Crippen LogP contribution in [0.2, 0.25) is 0 Å². The van der Waals surface area contributed by atoms with E-state index in [0.717, 1.165) is 27.6 Å². The third-order valence-corrected chi connectivity index (χ3v) is 4.99. The summed E-state index contributed by atoms with van der Waals surface area (Å²) < 4.78 is 2.04. The molecule has 1 heterocycles. The quantitative estimate of drug-likeness (QED) is 0.543. The molecule has 0 unspecified atom stereocenters. The van der Waals surface area contributed by atoms with Crippen molar-refractivity contribution in [3.05, 3.63) is 90.1 Å². The molecule has 4 aromatic rings. The molecule has 0 aliphatic rings. The van der Waals surface area contributed by atoms with Crippen molar-refractivity contribution >= 4 is 16.8 Å². The maximum Gasteiger partial charge on any atom is 0.251 e. The van der Waals surface area contributed by atoms with Crippen molar-refractivity contribution < 1.29 is 9.90 Å². The largest absolute Gasteiger partial charge is 0.508 e. The number of aryl methyl sites for hydroxylation is 1. The van der Waals surface area contributed by atoms with Crippen molar-refractivity contribution in [3.8, 4) is 16.9 Å². The number of aromatic nitrogens is 1. The van der Waals surface area contributed by atoms with Gasteiger partial charge in [-0.25, -0.2) is 0 Å². The van der Waals surface area contributed by atoms with E-state index in [9.17, 15) is 9.90 Å². The maximum atomic E-state index is 12.4. The van der Waals surface area contributed by atoms with Crippen molar-refractivity contribution in [1.29, 1.82) is 0 Å². The summed E-state index contributed by atoms with van der Waals surface area (Å²) in [7, 11) is 1.98. The summed E-state index contributed by atoms with van der Waals surface area (Å²) >= 11 is 0. The molecular weight excluding hydrogens is 348 g/mol. The summed E-state index contributed by atoms with van der Waals surface area (Å²) in [5, 5.41) is 13.8. The van der Waals surface area contributed by atoms with Gasteiger partial charge in [-0.2, -0.15) is 0 Å². The Balaban J connectivity index is 1.40. The molecule has 140 valence electrons. The highest BCUT2D eigenvalue weighted by Crippen LogP contribution is 2.25. The highest BCUT2D eigenvalue weighted by atomic mass is 16.3. The van der Waals surface area contributed by atoms with Crippen molar-refractivity contribution in [2.24, 2.45) is 7.05 Å². The Morgan fingerprint density at radius 1 is 0.964 bits per heavy atom. The van der Waals surface area contributed by atoms with Gasteiger partial charge in [0.05, 0.1) is 0 Å². The van der Waals surface area contributed by atoms with Crippen LogP contribution in [0, 0.1) is 0 Å². The van der Waals surface area contributed by atoms with E-state index in [4.69, 9.17) is 0 Å². The van der Waals surface area contributed by atoms with Gasteiger partial charge >= 0.3 is 0 Å². The van der Waals surface area contributed by atoms with E-state index in [0.29, 0.717) is 18.5 Å². The van der Waals surface area contributed by atoms with E-state index in [1.54, 1.807) is 12.1 Å². The normalized spacial score (nSPS) is 10.9. The van der Waals surface area contributed by atoms with Gasteiger partial charge < -0.3 is 15.0 Å². The zero-order chi connectivity index (χ0) is 19.5. The molecule has 4 nitrogen and oxygen atoms in total. The number of aromatic hydroxyl groups is 1. The van der Waals surface area contributed by atoms with Gasteiger partial charge in [0.25, 0.3) is 5.91 Å². The number of phenols is 1. The first-order valence-electron chi connectivity index (χ1n) is 9.32. The van der Waals surface area contributed by atoms with Gasteiger partial charge in [0.15, 0.2) is 0 Å². The number of benzene rings is 3. The van der Waals surface area contributed by atoms with Crippen molar-refractivity contribution in [2.75, 3.05) is 6.54 Å². The van der Waals surface area contributed by atoms with Crippen molar-refractivity contribution in [3.63, 3.8) is 0 Å². The molecule has 0 aliphatic heterocycles. The van der Waals surface area contributed by atoms with Crippen LogP contribution in [0.25, 0.3) is 22.0 Å². The molecule has 3 aromatic carbocycles. The first-order valence-corrected chi connectivity index (χ1v) is 9.32. The lowest BCUT2D eigenvalue weighted by Gasteiger charge is -2.07. The average molecular weight is 370 g/mol. The number of nitrogens with one attached hydrogen (secondary N) is 1. The fraction of sp³-hybridized carbons (Fsp3) is 0.125. The third kappa shape index (κ3) is 3.62. The molecule has 4 rings (SSSR count). The Hall–Kier alpha value is -3.53. The summed E-state index contributed by atoms with van der Waals surface area (Å²) in [6.07, 6.45) is 2.75. The standard InChI is InChI=1S/C24H22N2O2/c1-26-16-20(22-15-21(27)11-12-23(22)26)13-14-25-24(28)19-9-7-18(8-10-19)17-5-3-2-4-6-17/h2-12,15-16,27H,13-14H2,1H3,(H,25,28). The number of hydrogen-bond acceptors (Lipinski definition) is 2. The predicted octanol–water partition coefficient (Wildman–Crippen LogP) is 4.52. The molecular formula is C24H22N2O2. The number of carbonyl (C=O) groups is 1. The van der Waals surface area contributed by atoms with E-state index >= 15 is 0 Å². The first kappa shape index (κ1) is 17.9. The van der Waals surface area contributed by atoms with Gasteiger partial charge in [-0.3, -0.25) is 4.79 Å². The molecule has 0 fully saturated rings. The van der Waals surface area contributed by atoms with Gasteiger partial charge in [-0.15, -0.1) is 0 Å². The van der Waals surface area contributed by atoms with E-state index in [2.05, 4.69) is 17.4 Å². The Bertz CT molecular complexity index is 1110. The SMILES string of the molecule is Cn1cc(CCNC(=O)c2ccc(-c3ccccc3)cc2)c2cc(O)ccc21. The lowest BCUT2D eigenvalue weighted by molar-refractivity contribution is 0.0954. The van der Waals surface area contributed by atoms with E-state index < -0.39 is 0 Å². The van der Waals surface area contributed by atoms with Crippen LogP contribution in [0.1, 0.15) is 15.9 Å². The second-order valence-electron chi connectivity index (χ2n) is 6.92. The molecule has 0 aliphatic carbocycles. The zero-order valence-electron chi connectivity index (χ0n) is 15.7. The topological polar surface area (TPSA) is 54.3 Å². The maximum absolute atomic E-state index is 12.4. The summed E-state index contributed by atoms with van der Waals surface area (Å²) in [6, 6.07) is 23.1. The summed E-state index contributed by atoms with van der Waals surface area (Å²) in [5.41, 5.74) is 5.04. The molecule has 2 N–H and O–H groups in total. The molecule has 28 heavy (non-hydrogen) atoms. The highest BCUT2D eigenvalue weighted by molar-refractivity contribution is 5.94. The van der Waals surface area contributed by atoms with Crippen LogP contribution in [-0.2, 0) is 13.5 Å². The molecule has 0 spiro atoms. The number of hydrogen-bond donors (Lipinski definition) is 2. The van der Waals surface area contributed by atoms with Crippen molar-refractivity contribution in [1.82, 2.24) is 9.88 Å². The minimum atomic E-state index is -0.0808. The molecule has 0 bridgehead atoms. The van der Waals surface area contributed by atoms with Gasteiger partial charge in [0.1, 0.15) is 5.75 Å². The van der Waals surface area contributed by atoms with Gasteiger partial charge in [-0.1, -0.05) is 42.5 Å². The Kier molecular flexibility index (Phi) is 4.85. The monoisotopic (exact) mass is 370 g/mol. The molecule has 1 aromatic heterocycles. The average Bonchev–Trinajstić information content (AvgIpc) is 3.03. The number of carbonyl (C=O) groups excluding carboxylic acids is 1. The zero-order valence-corrected chi connectivity index (χ0v) is 15.7. The molecule has 1 amide bonds. The van der Waals surface area contributed by atoms with Gasteiger partial charge in [-0.05, 0) is 53.4 Å². The lowest BCUT2D eigenvalue weighted by atomic mass is 10.0. The Morgan fingerprint density at radius 3 is 2.43 bits per heavy atom. The fourth-order valence-electron chi connectivity index (χ4n) is 3.52. The van der Waals surface area contributed by atoms with E-state index in [1.165, 1.54) is 0 Å². The first-order chi connectivity index (χ1) is 13.6. The molecule has 0 atom stereocenters. The van der Waals surface area contributed by atoms with Crippen LogP contribution < -0.4 is 5.32 Å². The van der Waals surface area contributed by atoms with Crippen LogP contribution in [0.15, 0.2) is 79.0 Å². The van der Waals surface area contributed by atoms with Crippen molar-refractivity contribution in [2.45, 2.75) is 6.42 Å². The third-order valence-electron chi connectivity index (χ3n) is 4.99. The molecule has 0 radical (unpaired) electrons. The summed E-state index contributed by atoms with van der Waals surface area (Å²) in [6.45, 7) is 0.536. The smallest absolute Gasteiger partial charge is 0.251 e. The number of phenolic OH excluding ortho intramolecular Hbond substituents is 1. The number of nitrogens with zero attached hydrogens (tertiary/aromatic N) is 1. The van der Waals surface area contributed by atoms with Crippen LogP contribution in [0.5, 0.6) is 5.75 Å². The fourth-order valence-corrected chi connectivity index (χ4v) is 3.52. The van der Waals surface area contributed by atoms with Crippen LogP contribution >= 0.6 is 0 Å². The summed E-state index contributed by atoms with van der Waals surface area (Å²) in [4.78, 5) is 12.4. The molecule has 0 saturated carbocycles. The summed E-state index contributed by atoms with van der Waals surface area (Å²) in [5.74, 6) is 0.171. The lowest BCUT2D eigenvalue weighted by Crippen LogP contribution is -2.25. The Morgan fingerprint density at radius 2 is 1.68 bits per heavy atom. The minimum absolute atomic E-state index is 0.0808. The van der Waals surface area contributed by atoms with Crippen LogP contribution in [-0.4, -0.2) is 22.1 Å². The number of rotatable bonds is 5. The second kappa shape index (κ2) is 7.61. The minimum Gasteiger partial charge on any atom is -0.508 e.